The Morgan fingerprint density at radius 1 is 0.938 bits per heavy atom. The molecular formula is C14H16ClN. The van der Waals surface area contributed by atoms with Crippen molar-refractivity contribution in [1.82, 2.24) is 4.98 Å². The molecule has 0 fully saturated rings. The van der Waals surface area contributed by atoms with Gasteiger partial charge < -0.3 is 0 Å². The van der Waals surface area contributed by atoms with Gasteiger partial charge in [-0.3, -0.25) is 4.98 Å². The van der Waals surface area contributed by atoms with E-state index in [0.29, 0.717) is 0 Å². The fourth-order valence-electron chi connectivity index (χ4n) is 1.36. The topological polar surface area (TPSA) is 12.9 Å². The summed E-state index contributed by atoms with van der Waals surface area (Å²) < 4.78 is 0. The van der Waals surface area contributed by atoms with Crippen LogP contribution in [0.5, 0.6) is 0 Å². The van der Waals surface area contributed by atoms with Crippen LogP contribution in [0.15, 0.2) is 42.5 Å². The minimum atomic E-state index is 0.741. The molecule has 0 bridgehead atoms. The highest BCUT2D eigenvalue weighted by Crippen LogP contribution is 2.25. The van der Waals surface area contributed by atoms with Gasteiger partial charge >= 0.3 is 0 Å². The molecule has 0 aliphatic rings. The highest BCUT2D eigenvalue weighted by molar-refractivity contribution is 6.33. The summed E-state index contributed by atoms with van der Waals surface area (Å²) in [5.74, 6) is 0. The van der Waals surface area contributed by atoms with Gasteiger partial charge in [0, 0.05) is 16.3 Å². The summed E-state index contributed by atoms with van der Waals surface area (Å²) >= 11 is 6.07. The van der Waals surface area contributed by atoms with Crippen LogP contribution in [0.25, 0.3) is 11.3 Å². The first-order valence-electron chi connectivity index (χ1n) is 5.46. The quantitative estimate of drug-likeness (QED) is 0.694. The van der Waals surface area contributed by atoms with Crippen molar-refractivity contribution in [2.45, 2.75) is 20.8 Å². The maximum absolute atomic E-state index is 6.07. The number of nitrogens with zero attached hydrogens (tertiary/aromatic N) is 1. The smallest absolute Gasteiger partial charge is 0.0720 e. The summed E-state index contributed by atoms with van der Waals surface area (Å²) in [6, 6.07) is 13.7. The fourth-order valence-corrected chi connectivity index (χ4v) is 1.59. The summed E-state index contributed by atoms with van der Waals surface area (Å²) in [5, 5.41) is 0.741. The van der Waals surface area contributed by atoms with Gasteiger partial charge in [-0.2, -0.15) is 0 Å². The third kappa shape index (κ3) is 3.07. The van der Waals surface area contributed by atoms with Crippen LogP contribution in [0.3, 0.4) is 0 Å². The molecule has 1 nitrogen and oxygen atoms in total. The maximum Gasteiger partial charge on any atom is 0.0720 e. The van der Waals surface area contributed by atoms with Crippen molar-refractivity contribution in [3.8, 4) is 11.3 Å². The van der Waals surface area contributed by atoms with Gasteiger partial charge in [-0.15, -0.1) is 0 Å². The van der Waals surface area contributed by atoms with Crippen LogP contribution < -0.4 is 0 Å². The minimum absolute atomic E-state index is 0.741. The van der Waals surface area contributed by atoms with Gasteiger partial charge in [-0.25, -0.2) is 0 Å². The predicted molar refractivity (Wildman–Crippen MR) is 70.8 cm³/mol. The molecule has 0 atom stereocenters. The molecule has 0 aliphatic heterocycles. The number of benzene rings is 1. The van der Waals surface area contributed by atoms with E-state index in [1.165, 1.54) is 0 Å². The molecule has 2 heteroatoms. The maximum atomic E-state index is 6.07. The molecule has 2 rings (SSSR count). The van der Waals surface area contributed by atoms with E-state index in [9.17, 15) is 0 Å². The Morgan fingerprint density at radius 3 is 2.25 bits per heavy atom. The van der Waals surface area contributed by atoms with E-state index in [4.69, 9.17) is 11.6 Å². The van der Waals surface area contributed by atoms with Gasteiger partial charge in [0.15, 0.2) is 0 Å². The lowest BCUT2D eigenvalue weighted by atomic mass is 10.1. The molecular weight excluding hydrogens is 218 g/mol. The van der Waals surface area contributed by atoms with Crippen molar-refractivity contribution in [1.29, 1.82) is 0 Å². The number of halogens is 1. The minimum Gasteiger partial charge on any atom is -0.253 e. The van der Waals surface area contributed by atoms with Crippen molar-refractivity contribution in [3.63, 3.8) is 0 Å². The Bertz CT molecular complexity index is 452. The van der Waals surface area contributed by atoms with Crippen LogP contribution in [-0.2, 0) is 0 Å². The van der Waals surface area contributed by atoms with Crippen molar-refractivity contribution in [2.75, 3.05) is 0 Å². The SMILES string of the molecule is CC.Cc1cccc(-c2ccccc2Cl)n1. The van der Waals surface area contributed by atoms with E-state index in [-0.39, 0.29) is 0 Å². The number of aromatic nitrogens is 1. The number of hydrogen-bond acceptors (Lipinski definition) is 1. The van der Waals surface area contributed by atoms with Crippen LogP contribution in [0.2, 0.25) is 5.02 Å². The van der Waals surface area contributed by atoms with Crippen LogP contribution in [-0.4, -0.2) is 4.98 Å². The van der Waals surface area contributed by atoms with Gasteiger partial charge in [-0.05, 0) is 25.1 Å². The van der Waals surface area contributed by atoms with E-state index in [2.05, 4.69) is 4.98 Å². The second-order valence-corrected chi connectivity index (χ2v) is 3.55. The molecule has 0 unspecified atom stereocenters. The largest absolute Gasteiger partial charge is 0.253 e. The monoisotopic (exact) mass is 233 g/mol. The first kappa shape index (κ1) is 12.7. The molecule has 0 radical (unpaired) electrons. The van der Waals surface area contributed by atoms with Crippen molar-refractivity contribution < 1.29 is 0 Å². The molecule has 1 heterocycles. The molecule has 0 spiro atoms. The summed E-state index contributed by atoms with van der Waals surface area (Å²) in [6.07, 6.45) is 0. The Kier molecular flexibility index (Phi) is 5.00. The molecule has 1 aromatic carbocycles. The highest BCUT2D eigenvalue weighted by atomic mass is 35.5. The first-order valence-corrected chi connectivity index (χ1v) is 5.84. The predicted octanol–water partition coefficient (Wildman–Crippen LogP) is 4.74. The third-order valence-corrected chi connectivity index (χ3v) is 2.37. The first-order chi connectivity index (χ1) is 7.77. The van der Waals surface area contributed by atoms with Gasteiger partial charge in [0.2, 0.25) is 0 Å². The molecule has 2 aromatic rings. The van der Waals surface area contributed by atoms with Crippen molar-refractivity contribution in [2.24, 2.45) is 0 Å². The molecule has 0 saturated carbocycles. The Hall–Kier alpha value is -1.34. The fraction of sp³-hybridized carbons (Fsp3) is 0.214. The average molecular weight is 234 g/mol. The lowest BCUT2D eigenvalue weighted by Gasteiger charge is -2.03. The molecule has 84 valence electrons. The van der Waals surface area contributed by atoms with Crippen LogP contribution in [0, 0.1) is 6.92 Å². The van der Waals surface area contributed by atoms with E-state index in [0.717, 1.165) is 22.0 Å². The van der Waals surface area contributed by atoms with Crippen LogP contribution in [0.1, 0.15) is 19.5 Å². The van der Waals surface area contributed by atoms with Crippen LogP contribution >= 0.6 is 11.6 Å². The molecule has 1 aromatic heterocycles. The summed E-state index contributed by atoms with van der Waals surface area (Å²) in [6.45, 7) is 5.97. The van der Waals surface area contributed by atoms with Gasteiger partial charge in [0.25, 0.3) is 0 Å². The average Bonchev–Trinajstić information content (AvgIpc) is 2.32. The summed E-state index contributed by atoms with van der Waals surface area (Å²) in [7, 11) is 0. The molecule has 0 saturated heterocycles. The third-order valence-electron chi connectivity index (χ3n) is 2.04. The van der Waals surface area contributed by atoms with E-state index in [1.807, 2.05) is 63.2 Å². The van der Waals surface area contributed by atoms with Crippen LogP contribution in [0.4, 0.5) is 0 Å². The lowest BCUT2D eigenvalue weighted by Crippen LogP contribution is -1.86. The lowest BCUT2D eigenvalue weighted by molar-refractivity contribution is 1.21. The Balaban J connectivity index is 0.000000606. The van der Waals surface area contributed by atoms with E-state index >= 15 is 0 Å². The molecule has 0 N–H and O–H groups in total. The zero-order chi connectivity index (χ0) is 12.0. The number of hydrogen-bond donors (Lipinski definition) is 0. The van der Waals surface area contributed by atoms with Crippen molar-refractivity contribution in [3.05, 3.63) is 53.2 Å². The molecule has 0 aliphatic carbocycles. The van der Waals surface area contributed by atoms with Gasteiger partial charge in [0.05, 0.1) is 5.69 Å². The number of rotatable bonds is 1. The summed E-state index contributed by atoms with van der Waals surface area (Å²) in [5.41, 5.74) is 2.91. The Labute approximate surface area is 102 Å². The highest BCUT2D eigenvalue weighted by Gasteiger charge is 2.02. The normalized spacial score (nSPS) is 9.25. The van der Waals surface area contributed by atoms with E-state index < -0.39 is 0 Å². The molecule has 16 heavy (non-hydrogen) atoms. The summed E-state index contributed by atoms with van der Waals surface area (Å²) in [4.78, 5) is 4.42. The standard InChI is InChI=1S/C12H10ClN.C2H6/c1-9-5-4-8-12(14-9)10-6-2-3-7-11(10)13;1-2/h2-8H,1H3;1-2H3. The molecule has 0 amide bonds. The second kappa shape index (κ2) is 6.29. The zero-order valence-corrected chi connectivity index (χ0v) is 10.6. The second-order valence-electron chi connectivity index (χ2n) is 3.14. The Morgan fingerprint density at radius 2 is 1.62 bits per heavy atom. The number of pyridine rings is 1. The van der Waals surface area contributed by atoms with Crippen molar-refractivity contribution >= 4 is 11.6 Å². The van der Waals surface area contributed by atoms with Gasteiger partial charge in [-0.1, -0.05) is 49.7 Å². The number of aryl methyl sites for hydroxylation is 1. The zero-order valence-electron chi connectivity index (χ0n) is 9.87. The van der Waals surface area contributed by atoms with Gasteiger partial charge in [0.1, 0.15) is 0 Å². The van der Waals surface area contributed by atoms with E-state index in [1.54, 1.807) is 0 Å².